The summed E-state index contributed by atoms with van der Waals surface area (Å²) in [6, 6.07) is 3.69. The van der Waals surface area contributed by atoms with E-state index in [1.807, 2.05) is 12.1 Å². The van der Waals surface area contributed by atoms with E-state index in [0.29, 0.717) is 17.9 Å². The SMILES string of the molecule is CCCCNc1ccc2nnc(CCNS(C)(=O)=O)n2n1. The smallest absolute Gasteiger partial charge is 0.208 e. The van der Waals surface area contributed by atoms with Gasteiger partial charge in [0.25, 0.3) is 0 Å². The van der Waals surface area contributed by atoms with Crippen LogP contribution in [0.15, 0.2) is 12.1 Å². The Balaban J connectivity index is 2.07. The summed E-state index contributed by atoms with van der Waals surface area (Å²) in [5.41, 5.74) is 0.644. The summed E-state index contributed by atoms with van der Waals surface area (Å²) in [6.45, 7) is 3.27. The number of anilines is 1. The monoisotopic (exact) mass is 312 g/mol. The highest BCUT2D eigenvalue weighted by Gasteiger charge is 2.08. The van der Waals surface area contributed by atoms with E-state index >= 15 is 0 Å². The van der Waals surface area contributed by atoms with E-state index < -0.39 is 10.0 Å². The molecule has 2 aromatic rings. The Morgan fingerprint density at radius 2 is 2.05 bits per heavy atom. The summed E-state index contributed by atoms with van der Waals surface area (Å²) in [5.74, 6) is 1.38. The van der Waals surface area contributed by atoms with Crippen LogP contribution in [-0.4, -0.2) is 47.6 Å². The van der Waals surface area contributed by atoms with Gasteiger partial charge in [-0.1, -0.05) is 13.3 Å². The molecule has 0 aliphatic rings. The van der Waals surface area contributed by atoms with Gasteiger partial charge in [-0.25, -0.2) is 13.1 Å². The van der Waals surface area contributed by atoms with Crippen LogP contribution in [0.3, 0.4) is 0 Å². The number of aromatic nitrogens is 4. The summed E-state index contributed by atoms with van der Waals surface area (Å²) in [7, 11) is -3.19. The van der Waals surface area contributed by atoms with Gasteiger partial charge < -0.3 is 5.32 Å². The largest absolute Gasteiger partial charge is 0.369 e. The van der Waals surface area contributed by atoms with Crippen molar-refractivity contribution >= 4 is 21.5 Å². The van der Waals surface area contributed by atoms with Gasteiger partial charge in [-0.3, -0.25) is 0 Å². The third-order valence-electron chi connectivity index (χ3n) is 2.88. The van der Waals surface area contributed by atoms with Gasteiger partial charge >= 0.3 is 0 Å². The molecule has 0 bridgehead atoms. The van der Waals surface area contributed by atoms with Crippen molar-refractivity contribution in [2.24, 2.45) is 0 Å². The van der Waals surface area contributed by atoms with Crippen molar-refractivity contribution in [3.63, 3.8) is 0 Å². The molecular formula is C12H20N6O2S. The second-order valence-corrected chi connectivity index (χ2v) is 6.63. The van der Waals surface area contributed by atoms with Gasteiger partial charge in [0.15, 0.2) is 11.5 Å². The molecule has 21 heavy (non-hydrogen) atoms. The van der Waals surface area contributed by atoms with E-state index in [0.717, 1.165) is 31.5 Å². The molecule has 0 saturated heterocycles. The Kier molecular flexibility index (Phi) is 5.07. The molecule has 0 aliphatic carbocycles. The molecule has 0 amide bonds. The second-order valence-electron chi connectivity index (χ2n) is 4.80. The van der Waals surface area contributed by atoms with E-state index in [2.05, 4.69) is 32.3 Å². The summed E-state index contributed by atoms with van der Waals surface area (Å²) in [5, 5.41) is 15.7. The molecule has 8 nitrogen and oxygen atoms in total. The Bertz CT molecular complexity index is 697. The van der Waals surface area contributed by atoms with Crippen molar-refractivity contribution < 1.29 is 8.42 Å². The van der Waals surface area contributed by atoms with Gasteiger partial charge in [-0.05, 0) is 18.6 Å². The Labute approximate surface area is 124 Å². The Morgan fingerprint density at radius 3 is 2.76 bits per heavy atom. The number of fused-ring (bicyclic) bond motifs is 1. The van der Waals surface area contributed by atoms with E-state index in [4.69, 9.17) is 0 Å². The van der Waals surface area contributed by atoms with Crippen molar-refractivity contribution in [1.29, 1.82) is 0 Å². The van der Waals surface area contributed by atoms with Gasteiger partial charge in [0.05, 0.1) is 6.26 Å². The standard InChI is InChI=1S/C12H20N6O2S/c1-3-4-8-13-10-5-6-11-15-16-12(18(11)17-10)7-9-14-21(2,19)20/h5-6,14H,3-4,7-9H2,1-2H3,(H,13,17). The molecule has 116 valence electrons. The lowest BCUT2D eigenvalue weighted by Gasteiger charge is -2.05. The van der Waals surface area contributed by atoms with Crippen molar-refractivity contribution in [1.82, 2.24) is 24.5 Å². The van der Waals surface area contributed by atoms with Crippen molar-refractivity contribution in [3.05, 3.63) is 18.0 Å². The number of hydrogen-bond acceptors (Lipinski definition) is 6. The first-order chi connectivity index (χ1) is 9.99. The number of nitrogens with zero attached hydrogens (tertiary/aromatic N) is 4. The van der Waals surface area contributed by atoms with E-state index in [1.54, 1.807) is 4.52 Å². The molecule has 0 radical (unpaired) electrons. The van der Waals surface area contributed by atoms with Crippen LogP contribution < -0.4 is 10.0 Å². The molecule has 0 spiro atoms. The predicted octanol–water partition coefficient (Wildman–Crippen LogP) is 0.428. The Hall–Kier alpha value is -1.74. The first kappa shape index (κ1) is 15.6. The minimum absolute atomic E-state index is 0.273. The first-order valence-corrected chi connectivity index (χ1v) is 8.78. The average molecular weight is 312 g/mol. The molecule has 0 unspecified atom stereocenters. The van der Waals surface area contributed by atoms with Gasteiger partial charge in [0.2, 0.25) is 10.0 Å². The third kappa shape index (κ3) is 4.64. The maximum absolute atomic E-state index is 11.0. The molecule has 2 rings (SSSR count). The fourth-order valence-electron chi connectivity index (χ4n) is 1.82. The maximum atomic E-state index is 11.0. The van der Waals surface area contributed by atoms with Crippen LogP contribution in [0.2, 0.25) is 0 Å². The van der Waals surface area contributed by atoms with Crippen LogP contribution in [0.25, 0.3) is 5.65 Å². The van der Waals surface area contributed by atoms with Gasteiger partial charge in [-0.2, -0.15) is 4.52 Å². The zero-order chi connectivity index (χ0) is 15.3. The second kappa shape index (κ2) is 6.81. The normalized spacial score (nSPS) is 11.9. The Morgan fingerprint density at radius 1 is 1.24 bits per heavy atom. The van der Waals surface area contributed by atoms with Crippen LogP contribution in [0.4, 0.5) is 5.82 Å². The van der Waals surface area contributed by atoms with Gasteiger partial charge in [0.1, 0.15) is 5.82 Å². The summed E-state index contributed by atoms with van der Waals surface area (Å²) in [4.78, 5) is 0. The van der Waals surface area contributed by atoms with Gasteiger partial charge in [-0.15, -0.1) is 15.3 Å². The minimum atomic E-state index is -3.19. The molecule has 9 heteroatoms. The zero-order valence-corrected chi connectivity index (χ0v) is 13.0. The summed E-state index contributed by atoms with van der Waals surface area (Å²) < 4.78 is 26.2. The first-order valence-electron chi connectivity index (χ1n) is 6.89. The lowest BCUT2D eigenvalue weighted by atomic mass is 10.3. The molecule has 2 N–H and O–H groups in total. The highest BCUT2D eigenvalue weighted by Crippen LogP contribution is 2.07. The number of sulfonamides is 1. The molecule has 0 aromatic carbocycles. The topological polar surface area (TPSA) is 101 Å². The molecule has 0 fully saturated rings. The number of nitrogens with one attached hydrogen (secondary N) is 2. The third-order valence-corrected chi connectivity index (χ3v) is 3.61. The maximum Gasteiger partial charge on any atom is 0.208 e. The number of hydrogen-bond donors (Lipinski definition) is 2. The van der Waals surface area contributed by atoms with Crippen molar-refractivity contribution in [3.8, 4) is 0 Å². The molecule has 2 heterocycles. The minimum Gasteiger partial charge on any atom is -0.369 e. The summed E-state index contributed by atoms with van der Waals surface area (Å²) in [6.07, 6.45) is 3.75. The molecule has 0 aliphatic heterocycles. The lowest BCUT2D eigenvalue weighted by molar-refractivity contribution is 0.586. The number of unbranched alkanes of at least 4 members (excludes halogenated alkanes) is 1. The summed E-state index contributed by atoms with van der Waals surface area (Å²) >= 11 is 0. The average Bonchev–Trinajstić information content (AvgIpc) is 2.81. The van der Waals surface area contributed by atoms with Crippen LogP contribution in [0.5, 0.6) is 0 Å². The van der Waals surface area contributed by atoms with Crippen LogP contribution in [0, 0.1) is 0 Å². The highest BCUT2D eigenvalue weighted by molar-refractivity contribution is 7.88. The molecule has 0 saturated carbocycles. The van der Waals surface area contributed by atoms with Crippen LogP contribution >= 0.6 is 0 Å². The van der Waals surface area contributed by atoms with Crippen LogP contribution in [-0.2, 0) is 16.4 Å². The fraction of sp³-hybridized carbons (Fsp3) is 0.583. The predicted molar refractivity (Wildman–Crippen MR) is 80.7 cm³/mol. The van der Waals surface area contributed by atoms with Gasteiger partial charge in [0, 0.05) is 19.5 Å². The van der Waals surface area contributed by atoms with Crippen LogP contribution in [0.1, 0.15) is 25.6 Å². The lowest BCUT2D eigenvalue weighted by Crippen LogP contribution is -2.25. The molecular weight excluding hydrogens is 292 g/mol. The zero-order valence-electron chi connectivity index (χ0n) is 12.2. The quantitative estimate of drug-likeness (QED) is 0.685. The number of rotatable bonds is 8. The van der Waals surface area contributed by atoms with E-state index in [9.17, 15) is 8.42 Å². The molecule has 2 aromatic heterocycles. The fourth-order valence-corrected chi connectivity index (χ4v) is 2.30. The van der Waals surface area contributed by atoms with E-state index in [1.165, 1.54) is 0 Å². The highest BCUT2D eigenvalue weighted by atomic mass is 32.2. The van der Waals surface area contributed by atoms with Crippen molar-refractivity contribution in [2.45, 2.75) is 26.2 Å². The van der Waals surface area contributed by atoms with Crippen molar-refractivity contribution in [2.75, 3.05) is 24.7 Å². The molecule has 0 atom stereocenters. The van der Waals surface area contributed by atoms with E-state index in [-0.39, 0.29) is 6.54 Å².